The smallest absolute Gasteiger partial charge is 0.394 e. The maximum atomic E-state index is 13.5. The Hall–Kier alpha value is -2.78. The van der Waals surface area contributed by atoms with E-state index in [-0.39, 0.29) is 79.2 Å². The van der Waals surface area contributed by atoms with Crippen LogP contribution in [0.1, 0.15) is 61.1 Å². The first kappa shape index (κ1) is 34.7. The molecule has 15 heteroatoms. The number of carbonyl (C=O) groups is 1. The lowest BCUT2D eigenvalue weighted by atomic mass is 9.84. The molecule has 1 aromatic heterocycles. The molecule has 0 spiro atoms. The van der Waals surface area contributed by atoms with E-state index in [9.17, 15) is 40.3 Å². The Morgan fingerprint density at radius 1 is 1.23 bits per heavy atom. The fourth-order valence-corrected chi connectivity index (χ4v) is 6.28. The van der Waals surface area contributed by atoms with Crippen molar-refractivity contribution in [2.24, 2.45) is 5.41 Å². The zero-order chi connectivity index (χ0) is 32.4. The van der Waals surface area contributed by atoms with Crippen LogP contribution in [0.25, 0.3) is 11.3 Å². The molecule has 1 saturated carbocycles. The first-order chi connectivity index (χ1) is 19.8. The summed E-state index contributed by atoms with van der Waals surface area (Å²) in [5, 5.41) is 17.4. The van der Waals surface area contributed by atoms with Crippen molar-refractivity contribution in [1.82, 2.24) is 15.1 Å². The summed E-state index contributed by atoms with van der Waals surface area (Å²) in [6, 6.07) is 3.87. The van der Waals surface area contributed by atoms with Crippen molar-refractivity contribution in [2.75, 3.05) is 26.5 Å². The van der Waals surface area contributed by atoms with Gasteiger partial charge in [0, 0.05) is 31.0 Å². The van der Waals surface area contributed by atoms with Crippen molar-refractivity contribution in [2.45, 2.75) is 83.1 Å². The summed E-state index contributed by atoms with van der Waals surface area (Å²) in [7, 11) is -1.81. The molecule has 1 aromatic carbocycles. The van der Waals surface area contributed by atoms with Crippen LogP contribution < -0.4 is 10.1 Å². The monoisotopic (exact) mass is 639 g/mol. The molecule has 0 radical (unpaired) electrons. The van der Waals surface area contributed by atoms with Gasteiger partial charge in [-0.1, -0.05) is 19.9 Å². The van der Waals surface area contributed by atoms with Crippen molar-refractivity contribution in [3.63, 3.8) is 0 Å². The lowest BCUT2D eigenvalue weighted by Gasteiger charge is -2.35. The number of halogens is 5. The van der Waals surface area contributed by atoms with Gasteiger partial charge in [0.05, 0.1) is 35.1 Å². The number of nitrogens with zero attached hydrogens (tertiary/aromatic N) is 2. The van der Waals surface area contributed by atoms with E-state index < -0.39 is 51.2 Å². The van der Waals surface area contributed by atoms with Crippen molar-refractivity contribution in [3.8, 4) is 17.0 Å². The average Bonchev–Trinajstić information content (AvgIpc) is 3.20. The summed E-state index contributed by atoms with van der Waals surface area (Å²) in [6.07, 6.45) is -3.02. The molecule has 43 heavy (non-hydrogen) atoms. The molecule has 3 rings (SSSR count). The van der Waals surface area contributed by atoms with E-state index in [2.05, 4.69) is 10.4 Å². The number of benzene rings is 1. The van der Waals surface area contributed by atoms with Gasteiger partial charge >= 0.3 is 12.8 Å². The van der Waals surface area contributed by atoms with Gasteiger partial charge in [-0.15, -0.1) is 0 Å². The fraction of sp³-hybridized carbons (Fsp3) is 0.643. The molecule has 2 N–H and O–H groups in total. The number of hydrogen-bond acceptors (Lipinski definition) is 7. The van der Waals surface area contributed by atoms with E-state index in [1.165, 1.54) is 23.9 Å². The van der Waals surface area contributed by atoms with Crippen LogP contribution in [0.4, 0.5) is 22.0 Å². The molecule has 1 aliphatic carbocycles. The van der Waals surface area contributed by atoms with Crippen molar-refractivity contribution in [1.29, 1.82) is 0 Å². The highest BCUT2D eigenvalue weighted by molar-refractivity contribution is 7.91. The van der Waals surface area contributed by atoms with Crippen molar-refractivity contribution in [3.05, 3.63) is 35.0 Å². The normalized spacial score (nSPS) is 20.0. The number of alkyl halides is 5. The molecule has 1 fully saturated rings. The Bertz CT molecular complexity index is 1400. The molecule has 9 nitrogen and oxygen atoms in total. The van der Waals surface area contributed by atoms with Crippen molar-refractivity contribution >= 4 is 15.7 Å². The van der Waals surface area contributed by atoms with Crippen LogP contribution in [0, 0.1) is 12.3 Å². The Balaban J connectivity index is 1.94. The van der Waals surface area contributed by atoms with E-state index in [1.54, 1.807) is 6.92 Å². The molecular weight excluding hydrogens is 601 g/mol. The Labute approximate surface area is 247 Å². The number of carbonyl (C=O) groups excluding carboxylic acids is 1. The molecule has 0 aliphatic heterocycles. The van der Waals surface area contributed by atoms with Crippen LogP contribution >= 0.6 is 0 Å². The lowest BCUT2D eigenvalue weighted by molar-refractivity contribution is -0.211. The second-order valence-electron chi connectivity index (χ2n) is 11.7. The van der Waals surface area contributed by atoms with Crippen molar-refractivity contribution < 1.29 is 49.7 Å². The Kier molecular flexibility index (Phi) is 10.5. The van der Waals surface area contributed by atoms with Gasteiger partial charge < -0.3 is 19.9 Å². The zero-order valence-electron chi connectivity index (χ0n) is 24.7. The summed E-state index contributed by atoms with van der Waals surface area (Å²) in [5.41, 5.74) is -2.79. The second kappa shape index (κ2) is 13.1. The maximum Gasteiger partial charge on any atom is 0.394 e. The third-order valence-electron chi connectivity index (χ3n) is 7.89. The van der Waals surface area contributed by atoms with E-state index in [4.69, 9.17) is 9.47 Å². The molecule has 1 aliphatic rings. The van der Waals surface area contributed by atoms with E-state index in [0.717, 1.165) is 26.2 Å². The van der Waals surface area contributed by atoms with Crippen LogP contribution in [-0.2, 0) is 27.5 Å². The average molecular weight is 640 g/mol. The summed E-state index contributed by atoms with van der Waals surface area (Å²) in [6.45, 7) is 0.369. The number of aliphatic hydroxyl groups is 1. The minimum atomic E-state index is -4.53. The minimum absolute atomic E-state index is 0.0650. The summed E-state index contributed by atoms with van der Waals surface area (Å²) >= 11 is 0. The highest BCUT2D eigenvalue weighted by Crippen LogP contribution is 2.42. The van der Waals surface area contributed by atoms with Gasteiger partial charge in [-0.25, -0.2) is 8.42 Å². The van der Waals surface area contributed by atoms with Gasteiger partial charge in [0.2, 0.25) is 0 Å². The lowest BCUT2D eigenvalue weighted by Crippen LogP contribution is -2.47. The number of nitrogens with one attached hydrogen (secondary N) is 1. The molecule has 1 heterocycles. The van der Waals surface area contributed by atoms with E-state index in [0.29, 0.717) is 0 Å². The number of amides is 1. The van der Waals surface area contributed by atoms with Gasteiger partial charge in [0.1, 0.15) is 15.6 Å². The highest BCUT2D eigenvalue weighted by atomic mass is 32.2. The van der Waals surface area contributed by atoms with Gasteiger partial charge in [-0.2, -0.15) is 27.1 Å². The predicted octanol–water partition coefficient (Wildman–Crippen LogP) is 4.69. The van der Waals surface area contributed by atoms with Crippen LogP contribution in [0.15, 0.2) is 18.2 Å². The molecule has 0 unspecified atom stereocenters. The Morgan fingerprint density at radius 3 is 2.40 bits per heavy atom. The van der Waals surface area contributed by atoms with Crippen LogP contribution in [0.3, 0.4) is 0 Å². The minimum Gasteiger partial charge on any atom is -0.434 e. The standard InChI is InChI=1S/C28H38F5N3O6S/c1-17-22(24(37)34-16-27(38)10-8-19(9-11-27)43(5,39)40)35-36(12-13-41-4)23(17)20-7-6-18(14-21(20)42-25(29)30)15-26(2,3)28(31,32)33/h6-7,14,19,25,38H,8-13,15-16H2,1-5H3,(H,34,37)/t19-,27+. The molecule has 0 atom stereocenters. The summed E-state index contributed by atoms with van der Waals surface area (Å²) in [4.78, 5) is 13.2. The SMILES string of the molecule is COCCn1nc(C(=O)NC[C@]2(O)CC[C@@H](S(C)(=O)=O)CC2)c(C)c1-c1ccc(CC(C)(C)C(F)(F)F)cc1OC(F)F. The molecule has 2 aromatic rings. The highest BCUT2D eigenvalue weighted by Gasteiger charge is 2.47. The zero-order valence-corrected chi connectivity index (χ0v) is 25.5. The van der Waals surface area contributed by atoms with Crippen LogP contribution in [0.2, 0.25) is 0 Å². The number of aromatic nitrogens is 2. The third kappa shape index (κ3) is 8.44. The second-order valence-corrected chi connectivity index (χ2v) is 14.1. The number of hydrogen-bond donors (Lipinski definition) is 2. The van der Waals surface area contributed by atoms with Crippen LogP contribution in [-0.4, -0.2) is 79.4 Å². The summed E-state index contributed by atoms with van der Waals surface area (Å²) in [5.74, 6) is -1.04. The summed E-state index contributed by atoms with van der Waals surface area (Å²) < 4.78 is 102. The number of sulfone groups is 1. The predicted molar refractivity (Wildman–Crippen MR) is 149 cm³/mol. The molecule has 0 saturated heterocycles. The van der Waals surface area contributed by atoms with E-state index >= 15 is 0 Å². The van der Waals surface area contributed by atoms with Gasteiger partial charge in [-0.3, -0.25) is 9.48 Å². The topological polar surface area (TPSA) is 120 Å². The molecule has 0 bridgehead atoms. The van der Waals surface area contributed by atoms with Crippen LogP contribution in [0.5, 0.6) is 5.75 Å². The molecular formula is C28H38F5N3O6S. The quantitative estimate of drug-likeness (QED) is 0.324. The van der Waals surface area contributed by atoms with Gasteiger partial charge in [0.15, 0.2) is 5.69 Å². The Morgan fingerprint density at radius 2 is 1.86 bits per heavy atom. The molecule has 1 amide bonds. The first-order valence-electron chi connectivity index (χ1n) is 13.7. The molecule has 242 valence electrons. The third-order valence-corrected chi connectivity index (χ3v) is 9.57. The number of ether oxygens (including phenoxy) is 2. The fourth-order valence-electron chi connectivity index (χ4n) is 5.19. The van der Waals surface area contributed by atoms with E-state index in [1.807, 2.05) is 0 Å². The van der Waals surface area contributed by atoms with Gasteiger partial charge in [-0.05, 0) is 56.7 Å². The van der Waals surface area contributed by atoms with Gasteiger partial charge in [0.25, 0.3) is 5.91 Å². The largest absolute Gasteiger partial charge is 0.434 e. The first-order valence-corrected chi connectivity index (χ1v) is 15.6. The number of rotatable bonds is 12. The number of methoxy groups -OCH3 is 1. The maximum absolute atomic E-state index is 13.5.